The van der Waals surface area contributed by atoms with Gasteiger partial charge in [0.2, 0.25) is 5.91 Å². The lowest BCUT2D eigenvalue weighted by atomic mass is 9.90. The van der Waals surface area contributed by atoms with E-state index in [1.54, 1.807) is 24.1 Å². The van der Waals surface area contributed by atoms with E-state index in [0.717, 1.165) is 11.1 Å². The maximum absolute atomic E-state index is 12.9. The third kappa shape index (κ3) is 4.58. The molecule has 0 spiro atoms. The maximum atomic E-state index is 12.9. The number of amides is 1. The Morgan fingerprint density at radius 2 is 2.00 bits per heavy atom. The summed E-state index contributed by atoms with van der Waals surface area (Å²) >= 11 is 0. The topological polar surface area (TPSA) is 99.5 Å². The Bertz CT molecular complexity index is 983. The van der Waals surface area contributed by atoms with Crippen LogP contribution < -0.4 is 9.64 Å². The van der Waals surface area contributed by atoms with Crippen molar-refractivity contribution in [1.29, 1.82) is 0 Å². The zero-order chi connectivity index (χ0) is 23.7. The normalized spacial score (nSPS) is 35.8. The second-order valence-electron chi connectivity index (χ2n) is 9.18. The molecule has 2 bridgehead atoms. The summed E-state index contributed by atoms with van der Waals surface area (Å²) in [6.45, 7) is 3.70. The van der Waals surface area contributed by atoms with Crippen LogP contribution in [0.15, 0.2) is 48.1 Å². The highest BCUT2D eigenvalue weighted by Crippen LogP contribution is 2.46. The Kier molecular flexibility index (Phi) is 6.93. The van der Waals surface area contributed by atoms with E-state index in [0.29, 0.717) is 30.7 Å². The summed E-state index contributed by atoms with van der Waals surface area (Å²) < 4.78 is 12.0. The van der Waals surface area contributed by atoms with E-state index in [1.165, 1.54) is 0 Å². The van der Waals surface area contributed by atoms with Crippen molar-refractivity contribution < 1.29 is 29.6 Å². The number of allylic oxidation sites excluding steroid dienone is 3. The second kappa shape index (κ2) is 9.71. The van der Waals surface area contributed by atoms with Gasteiger partial charge in [0.25, 0.3) is 0 Å². The van der Waals surface area contributed by atoms with Crippen LogP contribution >= 0.6 is 0 Å². The van der Waals surface area contributed by atoms with Crippen LogP contribution in [-0.2, 0) is 16.0 Å². The molecule has 178 valence electrons. The van der Waals surface area contributed by atoms with Crippen molar-refractivity contribution in [3.63, 3.8) is 0 Å². The largest absolute Gasteiger partial charge is 0.508 e. The lowest BCUT2D eigenvalue weighted by Gasteiger charge is -2.39. The number of aryl methyl sites for hydroxylation is 1. The molecule has 1 fully saturated rings. The Labute approximate surface area is 194 Å². The van der Waals surface area contributed by atoms with Gasteiger partial charge in [-0.05, 0) is 43.9 Å². The Morgan fingerprint density at radius 1 is 1.21 bits per heavy atom. The summed E-state index contributed by atoms with van der Waals surface area (Å²) in [6, 6.07) is 2.91. The molecule has 0 aliphatic carbocycles. The van der Waals surface area contributed by atoms with Gasteiger partial charge in [0.05, 0.1) is 30.4 Å². The Hall–Kier alpha value is -2.61. The number of fused-ring (bicyclic) bond motifs is 4. The molecule has 1 aromatic rings. The first-order chi connectivity index (χ1) is 15.8. The highest BCUT2D eigenvalue weighted by Gasteiger charge is 2.49. The van der Waals surface area contributed by atoms with Crippen LogP contribution in [0.3, 0.4) is 0 Å². The number of ether oxygens (including phenoxy) is 2. The molecule has 0 unspecified atom stereocenters. The van der Waals surface area contributed by atoms with Crippen molar-refractivity contribution in [2.75, 3.05) is 12.0 Å². The molecule has 3 N–H and O–H groups in total. The quantitative estimate of drug-likeness (QED) is 0.563. The number of methoxy groups -OCH3 is 1. The second-order valence-corrected chi connectivity index (χ2v) is 9.18. The van der Waals surface area contributed by atoms with Crippen LogP contribution in [0, 0.1) is 5.92 Å². The minimum absolute atomic E-state index is 0.0627. The predicted octanol–water partition coefficient (Wildman–Crippen LogP) is 3.03. The van der Waals surface area contributed by atoms with E-state index < -0.39 is 18.3 Å². The third-order valence-corrected chi connectivity index (χ3v) is 6.98. The highest BCUT2D eigenvalue weighted by molar-refractivity contribution is 5.99. The molecule has 0 radical (unpaired) electrons. The highest BCUT2D eigenvalue weighted by atomic mass is 16.5. The number of aliphatic hydroxyl groups is 2. The number of rotatable bonds is 1. The summed E-state index contributed by atoms with van der Waals surface area (Å²) in [5.74, 6) is 0.298. The fourth-order valence-electron chi connectivity index (χ4n) is 5.00. The number of aromatic hydroxyl groups is 1. The van der Waals surface area contributed by atoms with Crippen LogP contribution in [0.5, 0.6) is 11.5 Å². The molecule has 33 heavy (non-hydrogen) atoms. The van der Waals surface area contributed by atoms with Gasteiger partial charge in [0.15, 0.2) is 0 Å². The number of hydrogen-bond acceptors (Lipinski definition) is 6. The number of benzene rings is 1. The van der Waals surface area contributed by atoms with Crippen LogP contribution in [0.2, 0.25) is 0 Å². The molecule has 0 saturated carbocycles. The maximum Gasteiger partial charge on any atom is 0.230 e. The molecule has 6 atom stereocenters. The third-order valence-electron chi connectivity index (χ3n) is 6.98. The molecule has 3 aliphatic heterocycles. The van der Waals surface area contributed by atoms with Crippen molar-refractivity contribution in [2.45, 2.75) is 70.0 Å². The Balaban J connectivity index is 1.77. The number of nitrogens with zero attached hydrogens (tertiary/aromatic N) is 1. The van der Waals surface area contributed by atoms with Crippen LogP contribution in [0.25, 0.3) is 0 Å². The van der Waals surface area contributed by atoms with Gasteiger partial charge in [0, 0.05) is 24.7 Å². The van der Waals surface area contributed by atoms with Crippen molar-refractivity contribution in [3.8, 4) is 11.5 Å². The molecule has 0 aromatic heterocycles. The molecule has 1 amide bonds. The first-order valence-corrected chi connectivity index (χ1v) is 11.5. The Morgan fingerprint density at radius 3 is 2.76 bits per heavy atom. The summed E-state index contributed by atoms with van der Waals surface area (Å²) in [7, 11) is 1.59. The zero-order valence-corrected chi connectivity index (χ0v) is 19.3. The monoisotopic (exact) mass is 455 g/mol. The summed E-state index contributed by atoms with van der Waals surface area (Å²) in [6.07, 6.45) is 9.10. The van der Waals surface area contributed by atoms with E-state index >= 15 is 0 Å². The van der Waals surface area contributed by atoms with Crippen LogP contribution in [0.1, 0.15) is 38.7 Å². The minimum Gasteiger partial charge on any atom is -0.508 e. The fourth-order valence-corrected chi connectivity index (χ4v) is 5.00. The van der Waals surface area contributed by atoms with Gasteiger partial charge >= 0.3 is 0 Å². The fraction of sp³-hybridized carbons (Fsp3) is 0.500. The SMILES string of the molecule is CO[C@@H]1CC(=O)N2c3cc(O)cc4c3O[C@@H](/C=C/C=C/C[C@H](O)[C@H](C)[C@@H](O)/C(C)=C\CC4)[C@@H]12. The lowest BCUT2D eigenvalue weighted by Crippen LogP contribution is -2.51. The van der Waals surface area contributed by atoms with Gasteiger partial charge in [-0.3, -0.25) is 9.69 Å². The average Bonchev–Trinajstić information content (AvgIpc) is 3.14. The molecule has 1 saturated heterocycles. The summed E-state index contributed by atoms with van der Waals surface area (Å²) in [4.78, 5) is 14.6. The number of carbonyl (C=O) groups excluding carboxylic acids is 1. The first-order valence-electron chi connectivity index (χ1n) is 11.5. The van der Waals surface area contributed by atoms with Crippen molar-refractivity contribution in [3.05, 3.63) is 53.6 Å². The van der Waals surface area contributed by atoms with Gasteiger partial charge in [-0.15, -0.1) is 0 Å². The van der Waals surface area contributed by atoms with Gasteiger partial charge < -0.3 is 24.8 Å². The van der Waals surface area contributed by atoms with Gasteiger partial charge in [-0.25, -0.2) is 0 Å². The van der Waals surface area contributed by atoms with E-state index in [2.05, 4.69) is 0 Å². The number of phenols is 1. The van der Waals surface area contributed by atoms with Crippen molar-refractivity contribution in [2.24, 2.45) is 5.92 Å². The molecule has 3 aliphatic rings. The molecular weight excluding hydrogens is 422 g/mol. The van der Waals surface area contributed by atoms with Gasteiger partial charge in [0.1, 0.15) is 23.6 Å². The lowest BCUT2D eigenvalue weighted by molar-refractivity contribution is -0.117. The number of carbonyl (C=O) groups is 1. The number of phenolic OH excluding ortho intramolecular Hbond substituents is 1. The zero-order valence-electron chi connectivity index (χ0n) is 19.3. The number of hydrogen-bond donors (Lipinski definition) is 3. The molecule has 3 heterocycles. The molecule has 1 aromatic carbocycles. The van der Waals surface area contributed by atoms with E-state index in [-0.39, 0.29) is 36.1 Å². The molecule has 4 rings (SSSR count). The predicted molar refractivity (Wildman–Crippen MR) is 125 cm³/mol. The van der Waals surface area contributed by atoms with E-state index in [1.807, 2.05) is 44.2 Å². The van der Waals surface area contributed by atoms with Gasteiger partial charge in [-0.2, -0.15) is 0 Å². The van der Waals surface area contributed by atoms with E-state index in [9.17, 15) is 20.1 Å². The number of aliphatic hydroxyl groups excluding tert-OH is 2. The van der Waals surface area contributed by atoms with E-state index in [4.69, 9.17) is 9.47 Å². The molecular formula is C26H33NO6. The van der Waals surface area contributed by atoms with Crippen molar-refractivity contribution >= 4 is 11.6 Å². The summed E-state index contributed by atoms with van der Waals surface area (Å²) in [5, 5.41) is 31.5. The molecule has 7 nitrogen and oxygen atoms in total. The molecule has 7 heteroatoms. The van der Waals surface area contributed by atoms with Crippen LogP contribution in [0.4, 0.5) is 5.69 Å². The smallest absolute Gasteiger partial charge is 0.230 e. The first kappa shape index (κ1) is 23.5. The number of anilines is 1. The minimum atomic E-state index is -0.746. The summed E-state index contributed by atoms with van der Waals surface area (Å²) in [5.41, 5.74) is 2.16. The van der Waals surface area contributed by atoms with Crippen molar-refractivity contribution in [1.82, 2.24) is 0 Å². The van der Waals surface area contributed by atoms with Crippen LogP contribution in [-0.4, -0.2) is 58.8 Å². The average molecular weight is 456 g/mol. The van der Waals surface area contributed by atoms with Gasteiger partial charge in [-0.1, -0.05) is 31.2 Å². The standard InChI is InChI=1S/C26H33NO6/c1-15-8-7-9-17-12-18(28)13-19-26(17)33-21(24-22(32-3)14-23(30)27(19)24)11-6-4-5-10-20(29)16(2)25(15)31/h4-6,8,11-13,16,20-22,24-25,28-29,31H,7,9-10,14H2,1-3H3/b5-4+,11-6+,15-8-/t16-,20-,21-,22+,24-,25-/m0/s1.